The molecule has 0 saturated carbocycles. The molecule has 0 unspecified atom stereocenters. The van der Waals surface area contributed by atoms with E-state index in [-0.39, 0.29) is 98.8 Å². The van der Waals surface area contributed by atoms with Gasteiger partial charge in [-0.1, -0.05) is 39.6 Å². The molecule has 0 spiro atoms. The predicted molar refractivity (Wildman–Crippen MR) is 60.3 cm³/mol. The van der Waals surface area contributed by atoms with Gasteiger partial charge >= 0.3 is 59.1 Å². The van der Waals surface area contributed by atoms with E-state index in [4.69, 9.17) is 37.3 Å². The zero-order valence-electron chi connectivity index (χ0n) is 18.0. The molecule has 32 heavy (non-hydrogen) atoms. The van der Waals surface area contributed by atoms with Crippen LogP contribution >= 0.6 is 0 Å². The third-order valence-corrected chi connectivity index (χ3v) is 2.73. The van der Waals surface area contributed by atoms with Gasteiger partial charge in [-0.3, -0.25) is 0 Å². The number of rotatable bonds is 12. The van der Waals surface area contributed by atoms with Crippen LogP contribution in [0.3, 0.4) is 0 Å². The first-order valence-electron chi connectivity index (χ1n) is 8.09. The van der Waals surface area contributed by atoms with Gasteiger partial charge < -0.3 is 40.4 Å². The summed E-state index contributed by atoms with van der Waals surface area (Å²) in [5.74, 6) is 0. The SMILES string of the molecule is [Na+].[Na+].[O-]CC[NH+](CC[O-])CC[O-].[O-]CC[NH+](CC[O-])CC[O-].[O-][Cl+3]([O-])([O-])[O-].[O-][Cl+3]([O-])([O-])[O-]. The molecule has 0 aliphatic carbocycles. The summed E-state index contributed by atoms with van der Waals surface area (Å²) in [6.45, 7) is 1.25. The summed E-state index contributed by atoms with van der Waals surface area (Å²) in [6, 6.07) is 0. The molecule has 0 bridgehead atoms. The second kappa shape index (κ2) is 32.9. The van der Waals surface area contributed by atoms with Crippen LogP contribution in [-0.2, 0) is 0 Å². The molecule has 0 rings (SSSR count). The molecular formula is C12H26Cl2N2Na2O14-4. The first-order chi connectivity index (χ1) is 13.7. The van der Waals surface area contributed by atoms with E-state index in [2.05, 4.69) is 0 Å². The topological polar surface area (TPSA) is 332 Å². The largest absolute Gasteiger partial charge is 1.00 e. The minimum absolute atomic E-state index is 0. The van der Waals surface area contributed by atoms with Crippen molar-refractivity contribution in [3.05, 3.63) is 0 Å². The fourth-order valence-electron chi connectivity index (χ4n) is 1.62. The summed E-state index contributed by atoms with van der Waals surface area (Å²) in [7, 11) is -9.89. The Balaban J connectivity index is -0.0000000724. The minimum atomic E-state index is -4.94. The second-order valence-electron chi connectivity index (χ2n) is 4.98. The maximum Gasteiger partial charge on any atom is 1.00 e. The molecule has 0 aliphatic heterocycles. The molecule has 188 valence electrons. The zero-order chi connectivity index (χ0) is 24.6. The maximum absolute atomic E-state index is 10.1. The molecule has 16 nitrogen and oxygen atoms in total. The van der Waals surface area contributed by atoms with E-state index < -0.39 is 20.5 Å². The van der Waals surface area contributed by atoms with Crippen LogP contribution in [-0.4, -0.2) is 78.9 Å². The molecule has 0 atom stereocenters. The Kier molecular flexibility index (Phi) is 48.6. The van der Waals surface area contributed by atoms with E-state index in [1.54, 1.807) is 0 Å². The molecule has 0 aromatic heterocycles. The molecule has 0 saturated heterocycles. The van der Waals surface area contributed by atoms with Crippen LogP contribution in [0, 0.1) is 20.5 Å². The third kappa shape index (κ3) is 76.9. The summed E-state index contributed by atoms with van der Waals surface area (Å²) >= 11 is 0. The van der Waals surface area contributed by atoms with Crippen molar-refractivity contribution in [2.24, 2.45) is 0 Å². The minimum Gasteiger partial charge on any atom is -0.850 e. The predicted octanol–water partition coefficient (Wildman–Crippen LogP) is -25.6. The number of hydrogen-bond acceptors (Lipinski definition) is 14. The summed E-state index contributed by atoms with van der Waals surface area (Å²) in [5.41, 5.74) is 0. The van der Waals surface area contributed by atoms with Crippen LogP contribution in [0.25, 0.3) is 0 Å². The van der Waals surface area contributed by atoms with Crippen molar-refractivity contribution in [3.8, 4) is 0 Å². The van der Waals surface area contributed by atoms with Crippen molar-refractivity contribution >= 4 is 0 Å². The summed E-state index contributed by atoms with van der Waals surface area (Å²) in [4.78, 5) is 1.69. The van der Waals surface area contributed by atoms with Gasteiger partial charge in [0, 0.05) is 0 Å². The van der Waals surface area contributed by atoms with Crippen molar-refractivity contribution in [1.29, 1.82) is 0 Å². The first kappa shape index (κ1) is 47.2. The van der Waals surface area contributed by atoms with Gasteiger partial charge in [0.1, 0.15) is 0 Å². The molecule has 0 radical (unpaired) electrons. The van der Waals surface area contributed by atoms with Gasteiger partial charge in [-0.15, -0.1) is 20.5 Å². The molecule has 0 amide bonds. The van der Waals surface area contributed by atoms with E-state index in [1.165, 1.54) is 0 Å². The average Bonchev–Trinajstić information content (AvgIpc) is 2.54. The van der Waals surface area contributed by atoms with Gasteiger partial charge in [-0.05, 0) is 0 Å². The summed E-state index contributed by atoms with van der Waals surface area (Å²) in [6.07, 6.45) is 0. The maximum atomic E-state index is 10.1. The average molecular weight is 539 g/mol. The molecule has 0 fully saturated rings. The third-order valence-electron chi connectivity index (χ3n) is 2.73. The Morgan fingerprint density at radius 2 is 0.438 bits per heavy atom. The van der Waals surface area contributed by atoms with E-state index in [9.17, 15) is 30.6 Å². The second-order valence-corrected chi connectivity index (χ2v) is 6.49. The van der Waals surface area contributed by atoms with Crippen molar-refractivity contribution in [3.63, 3.8) is 0 Å². The van der Waals surface area contributed by atoms with Crippen molar-refractivity contribution < 1.29 is 157 Å². The Labute approximate surface area is 234 Å². The van der Waals surface area contributed by atoms with Crippen molar-refractivity contribution in [2.45, 2.75) is 0 Å². The molecule has 2 N–H and O–H groups in total. The molecule has 0 aromatic rings. The first-order valence-corrected chi connectivity index (χ1v) is 10.6. The molecule has 0 heterocycles. The van der Waals surface area contributed by atoms with Crippen molar-refractivity contribution in [1.82, 2.24) is 0 Å². The monoisotopic (exact) mass is 538 g/mol. The quantitative estimate of drug-likeness (QED) is 0.217. The molecule has 20 heteroatoms. The van der Waals surface area contributed by atoms with Crippen LogP contribution < -0.4 is 137 Å². The Bertz CT molecular complexity index is 263. The zero-order valence-corrected chi connectivity index (χ0v) is 23.5. The van der Waals surface area contributed by atoms with Gasteiger partial charge in [0.15, 0.2) is 0 Å². The van der Waals surface area contributed by atoms with E-state index in [0.29, 0.717) is 39.3 Å². The van der Waals surface area contributed by atoms with Crippen molar-refractivity contribution in [2.75, 3.05) is 78.9 Å². The Morgan fingerprint density at radius 3 is 0.500 bits per heavy atom. The number of halogens is 2. The van der Waals surface area contributed by atoms with Gasteiger partial charge in [-0.25, -0.2) is 37.3 Å². The normalized spacial score (nSPS) is 10.5. The van der Waals surface area contributed by atoms with Gasteiger partial charge in [-0.2, -0.15) is 0 Å². The number of hydrogen-bond donors (Lipinski definition) is 2. The summed E-state index contributed by atoms with van der Waals surface area (Å²) < 4.78 is 67.9. The van der Waals surface area contributed by atoms with Crippen LogP contribution in [0.5, 0.6) is 0 Å². The number of quaternary nitrogens is 2. The Hall–Kier alpha value is 1.94. The fraction of sp³-hybridized carbons (Fsp3) is 1.00. The van der Waals surface area contributed by atoms with Crippen LogP contribution in [0.1, 0.15) is 0 Å². The van der Waals surface area contributed by atoms with Gasteiger partial charge in [0.05, 0.1) is 39.3 Å². The van der Waals surface area contributed by atoms with Gasteiger partial charge in [0.25, 0.3) is 0 Å². The van der Waals surface area contributed by atoms with E-state index in [0.717, 1.165) is 9.80 Å². The summed E-state index contributed by atoms with van der Waals surface area (Å²) in [5, 5.41) is 60.4. The molecular weight excluding hydrogens is 513 g/mol. The smallest absolute Gasteiger partial charge is 0.850 e. The standard InChI is InChI=1S/2C6H12NO3.2ClHO4.2Na/c2*8-4-1-7(2-5-9)3-6-10;2*2-1(3,4)5;;/h2*1-6H2;2*(H,2,3,4,5);;/q2*-3;;;2*+1. The van der Waals surface area contributed by atoms with E-state index >= 15 is 0 Å². The Morgan fingerprint density at radius 1 is 0.344 bits per heavy atom. The van der Waals surface area contributed by atoms with Gasteiger partial charge in [0.2, 0.25) is 0 Å². The van der Waals surface area contributed by atoms with Crippen LogP contribution in [0.4, 0.5) is 0 Å². The van der Waals surface area contributed by atoms with Crippen LogP contribution in [0.2, 0.25) is 0 Å². The van der Waals surface area contributed by atoms with E-state index in [1.807, 2.05) is 0 Å². The van der Waals surface area contributed by atoms with Crippen LogP contribution in [0.15, 0.2) is 0 Å². The fourth-order valence-corrected chi connectivity index (χ4v) is 1.62. The molecule has 0 aliphatic rings. The number of nitrogens with one attached hydrogen (secondary N) is 2. The molecule has 0 aromatic carbocycles.